The van der Waals surface area contributed by atoms with Crippen LogP contribution in [-0.2, 0) is 16.6 Å². The number of benzene rings is 1. The number of rotatable bonds is 4. The van der Waals surface area contributed by atoms with Crippen LogP contribution in [0.1, 0.15) is 12.0 Å². The highest BCUT2D eigenvalue weighted by atomic mass is 32.2. The predicted molar refractivity (Wildman–Crippen MR) is 70.6 cm³/mol. The molecule has 2 rings (SSSR count). The zero-order valence-corrected chi connectivity index (χ0v) is 11.3. The van der Waals surface area contributed by atoms with Crippen molar-refractivity contribution >= 4 is 10.0 Å². The Bertz CT molecular complexity index is 516. The lowest BCUT2D eigenvalue weighted by atomic mass is 10.2. The van der Waals surface area contributed by atoms with Gasteiger partial charge in [-0.05, 0) is 37.7 Å². The fourth-order valence-corrected chi connectivity index (χ4v) is 2.78. The number of nitrogens with zero attached hydrogens (tertiary/aromatic N) is 1. The summed E-state index contributed by atoms with van der Waals surface area (Å²) in [7, 11) is -1.51. The summed E-state index contributed by atoms with van der Waals surface area (Å²) in [5.41, 5.74) is 0.941. The molecule has 0 radical (unpaired) electrons. The van der Waals surface area contributed by atoms with Gasteiger partial charge in [0.15, 0.2) is 0 Å². The van der Waals surface area contributed by atoms with Crippen molar-refractivity contribution in [2.45, 2.75) is 23.9 Å². The second-order valence-corrected chi connectivity index (χ2v) is 6.38. The minimum absolute atomic E-state index is 0.172. The van der Waals surface area contributed by atoms with E-state index in [1.54, 1.807) is 12.1 Å². The predicted octanol–water partition coefficient (Wildman–Crippen LogP) is 0.128. The average Bonchev–Trinajstić information content (AvgIpc) is 2.72. The molecule has 5 nitrogen and oxygen atoms in total. The van der Waals surface area contributed by atoms with Gasteiger partial charge in [-0.15, -0.1) is 0 Å². The largest absolute Gasteiger partial charge is 0.309 e. The van der Waals surface area contributed by atoms with Gasteiger partial charge in [-0.3, -0.25) is 0 Å². The second kappa shape index (κ2) is 5.36. The fourth-order valence-electron chi connectivity index (χ4n) is 2.20. The van der Waals surface area contributed by atoms with E-state index < -0.39 is 10.0 Å². The molecule has 0 aromatic heterocycles. The summed E-state index contributed by atoms with van der Waals surface area (Å²) in [6.45, 7) is 2.81. The van der Waals surface area contributed by atoms with Crippen LogP contribution in [0.15, 0.2) is 29.2 Å². The molecule has 1 heterocycles. The van der Waals surface area contributed by atoms with Crippen LogP contribution in [0.5, 0.6) is 0 Å². The van der Waals surface area contributed by atoms with E-state index >= 15 is 0 Å². The Labute approximate surface area is 108 Å². The number of hydrogen-bond donors (Lipinski definition) is 2. The molecule has 1 aromatic rings. The smallest absolute Gasteiger partial charge is 0.238 e. The summed E-state index contributed by atoms with van der Waals surface area (Å²) in [5.74, 6) is 0. The highest BCUT2D eigenvalue weighted by Crippen LogP contribution is 2.11. The average molecular weight is 269 g/mol. The van der Waals surface area contributed by atoms with Crippen molar-refractivity contribution < 1.29 is 8.42 Å². The first kappa shape index (κ1) is 13.5. The van der Waals surface area contributed by atoms with E-state index in [0.29, 0.717) is 12.6 Å². The summed E-state index contributed by atoms with van der Waals surface area (Å²) in [5, 5.41) is 8.54. The number of likely N-dealkylation sites (tertiary alicyclic amines) is 1. The maximum atomic E-state index is 11.2. The monoisotopic (exact) mass is 269 g/mol. The Balaban J connectivity index is 1.98. The molecule has 1 saturated heterocycles. The number of likely N-dealkylation sites (N-methyl/N-ethyl adjacent to an activating group) is 1. The molecule has 0 bridgehead atoms. The molecule has 0 saturated carbocycles. The Kier molecular flexibility index (Phi) is 4.01. The van der Waals surface area contributed by atoms with Gasteiger partial charge in [0, 0.05) is 19.1 Å². The molecule has 1 atom stereocenters. The van der Waals surface area contributed by atoms with Gasteiger partial charge in [0.05, 0.1) is 4.90 Å². The van der Waals surface area contributed by atoms with Gasteiger partial charge in [-0.2, -0.15) is 0 Å². The van der Waals surface area contributed by atoms with Crippen LogP contribution in [0.2, 0.25) is 0 Å². The van der Waals surface area contributed by atoms with Crippen molar-refractivity contribution in [3.8, 4) is 0 Å². The lowest BCUT2D eigenvalue weighted by Crippen LogP contribution is -2.31. The highest BCUT2D eigenvalue weighted by molar-refractivity contribution is 7.89. The topological polar surface area (TPSA) is 75.4 Å². The molecule has 1 aromatic carbocycles. The molecular formula is C12H19N3O2S. The molecule has 18 heavy (non-hydrogen) atoms. The number of nitrogens with two attached hydrogens (primary N) is 1. The summed E-state index contributed by atoms with van der Waals surface area (Å²) >= 11 is 0. The molecule has 3 N–H and O–H groups in total. The Morgan fingerprint density at radius 2 is 2.28 bits per heavy atom. The van der Waals surface area contributed by atoms with Crippen molar-refractivity contribution in [2.75, 3.05) is 20.1 Å². The van der Waals surface area contributed by atoms with E-state index in [4.69, 9.17) is 5.14 Å². The van der Waals surface area contributed by atoms with Crippen LogP contribution in [0, 0.1) is 0 Å². The van der Waals surface area contributed by atoms with Gasteiger partial charge in [0.25, 0.3) is 0 Å². The molecule has 1 aliphatic rings. The number of sulfonamides is 1. The third-order valence-electron chi connectivity index (χ3n) is 3.21. The normalized spacial score (nSPS) is 21.3. The van der Waals surface area contributed by atoms with Gasteiger partial charge >= 0.3 is 0 Å². The van der Waals surface area contributed by atoms with Crippen LogP contribution in [-0.4, -0.2) is 39.5 Å². The molecule has 1 fully saturated rings. The van der Waals surface area contributed by atoms with Gasteiger partial charge in [0.1, 0.15) is 0 Å². The summed E-state index contributed by atoms with van der Waals surface area (Å²) in [4.78, 5) is 2.45. The maximum absolute atomic E-state index is 11.2. The van der Waals surface area contributed by atoms with Gasteiger partial charge < -0.3 is 10.2 Å². The quantitative estimate of drug-likeness (QED) is 0.814. The zero-order chi connectivity index (χ0) is 13.2. The number of primary sulfonamides is 1. The van der Waals surface area contributed by atoms with E-state index in [1.165, 1.54) is 6.07 Å². The standard InChI is InChI=1S/C12H19N3O2S/c1-15-6-5-11(9-15)14-8-10-3-2-4-12(7-10)18(13,16)17/h2-4,7,11,14H,5-6,8-9H2,1H3,(H2,13,16,17). The van der Waals surface area contributed by atoms with Crippen molar-refractivity contribution in [3.63, 3.8) is 0 Å². The minimum atomic E-state index is -3.61. The van der Waals surface area contributed by atoms with Crippen LogP contribution in [0.4, 0.5) is 0 Å². The SMILES string of the molecule is CN1CCC(NCc2cccc(S(N)(=O)=O)c2)C1. The van der Waals surface area contributed by atoms with Crippen molar-refractivity contribution in [3.05, 3.63) is 29.8 Å². The Morgan fingerprint density at radius 3 is 2.89 bits per heavy atom. The first-order valence-corrected chi connectivity index (χ1v) is 7.53. The van der Waals surface area contributed by atoms with Crippen LogP contribution < -0.4 is 10.5 Å². The van der Waals surface area contributed by atoms with Gasteiger partial charge in [0.2, 0.25) is 10.0 Å². The van der Waals surface area contributed by atoms with E-state index in [-0.39, 0.29) is 4.90 Å². The third-order valence-corrected chi connectivity index (χ3v) is 4.12. The lowest BCUT2D eigenvalue weighted by Gasteiger charge is -2.13. The molecule has 0 amide bonds. The molecule has 100 valence electrons. The van der Waals surface area contributed by atoms with E-state index in [0.717, 1.165) is 25.1 Å². The number of nitrogens with one attached hydrogen (secondary N) is 1. The van der Waals surface area contributed by atoms with E-state index in [9.17, 15) is 8.42 Å². The second-order valence-electron chi connectivity index (χ2n) is 4.82. The fraction of sp³-hybridized carbons (Fsp3) is 0.500. The maximum Gasteiger partial charge on any atom is 0.238 e. The first-order chi connectivity index (χ1) is 8.45. The van der Waals surface area contributed by atoms with Crippen LogP contribution >= 0.6 is 0 Å². The summed E-state index contributed by atoms with van der Waals surface area (Å²) < 4.78 is 22.5. The number of hydrogen-bond acceptors (Lipinski definition) is 4. The van der Waals surface area contributed by atoms with Crippen molar-refractivity contribution in [2.24, 2.45) is 5.14 Å². The Hall–Kier alpha value is -0.950. The van der Waals surface area contributed by atoms with Crippen molar-refractivity contribution in [1.29, 1.82) is 0 Å². The lowest BCUT2D eigenvalue weighted by molar-refractivity contribution is 0.397. The minimum Gasteiger partial charge on any atom is -0.309 e. The van der Waals surface area contributed by atoms with Crippen LogP contribution in [0.3, 0.4) is 0 Å². The Morgan fingerprint density at radius 1 is 1.50 bits per heavy atom. The molecule has 0 aliphatic carbocycles. The van der Waals surface area contributed by atoms with Crippen LogP contribution in [0.25, 0.3) is 0 Å². The molecule has 1 aliphatic heterocycles. The molecule has 0 spiro atoms. The summed E-state index contributed by atoms with van der Waals surface area (Å²) in [6.07, 6.45) is 1.13. The first-order valence-electron chi connectivity index (χ1n) is 5.99. The zero-order valence-electron chi connectivity index (χ0n) is 10.5. The molecule has 6 heteroatoms. The third kappa shape index (κ3) is 3.52. The van der Waals surface area contributed by atoms with Gasteiger partial charge in [-0.25, -0.2) is 13.6 Å². The van der Waals surface area contributed by atoms with E-state index in [2.05, 4.69) is 17.3 Å². The van der Waals surface area contributed by atoms with Gasteiger partial charge in [-0.1, -0.05) is 12.1 Å². The molecular weight excluding hydrogens is 250 g/mol. The van der Waals surface area contributed by atoms with E-state index in [1.807, 2.05) is 6.07 Å². The van der Waals surface area contributed by atoms with Crippen molar-refractivity contribution in [1.82, 2.24) is 10.2 Å². The highest BCUT2D eigenvalue weighted by Gasteiger charge is 2.18. The summed E-state index contributed by atoms with van der Waals surface area (Å²) in [6, 6.07) is 7.24. The molecule has 1 unspecified atom stereocenters.